The minimum Gasteiger partial charge on any atom is -0.393 e. The Morgan fingerprint density at radius 2 is 1.82 bits per heavy atom. The molecule has 0 unspecified atom stereocenters. The summed E-state index contributed by atoms with van der Waals surface area (Å²) in [6.45, 7) is 6.51. The minimum atomic E-state index is -0.114. The number of rotatable bonds is 1. The van der Waals surface area contributed by atoms with E-state index in [-0.39, 0.29) is 11.5 Å². The summed E-state index contributed by atoms with van der Waals surface area (Å²) in [5, 5.41) is 9.52. The predicted molar refractivity (Wildman–Crippen MR) is 67.9 cm³/mol. The Bertz CT molecular complexity index is 376. The van der Waals surface area contributed by atoms with Crippen LogP contribution in [-0.4, -0.2) is 21.2 Å². The van der Waals surface area contributed by atoms with E-state index in [9.17, 15) is 5.11 Å². The van der Waals surface area contributed by atoms with Crippen LogP contribution in [0.1, 0.15) is 63.9 Å². The number of aliphatic hydroxyl groups excluding tert-OH is 1. The van der Waals surface area contributed by atoms with Crippen LogP contribution < -0.4 is 0 Å². The van der Waals surface area contributed by atoms with Gasteiger partial charge in [-0.15, -0.1) is 0 Å². The van der Waals surface area contributed by atoms with E-state index in [2.05, 4.69) is 25.8 Å². The topological polar surface area (TPSA) is 46.0 Å². The molecule has 3 heteroatoms. The number of hydrogen-bond donors (Lipinski definition) is 1. The van der Waals surface area contributed by atoms with E-state index in [0.717, 1.165) is 37.2 Å². The third kappa shape index (κ3) is 3.03. The SMILES string of the molecule is CC(C)(C)c1ccnc(C2CCC(O)CC2)n1. The molecule has 1 aliphatic carbocycles. The molecule has 0 amide bonds. The second-order valence-corrected chi connectivity index (χ2v) is 6.06. The van der Waals surface area contributed by atoms with Crippen molar-refractivity contribution in [3.8, 4) is 0 Å². The lowest BCUT2D eigenvalue weighted by Gasteiger charge is -2.25. The summed E-state index contributed by atoms with van der Waals surface area (Å²) in [4.78, 5) is 9.11. The van der Waals surface area contributed by atoms with Crippen LogP contribution in [0.4, 0.5) is 0 Å². The second kappa shape index (κ2) is 4.73. The van der Waals surface area contributed by atoms with Crippen LogP contribution in [0, 0.1) is 0 Å². The molecule has 1 heterocycles. The highest BCUT2D eigenvalue weighted by Crippen LogP contribution is 2.31. The van der Waals surface area contributed by atoms with Crippen molar-refractivity contribution >= 4 is 0 Å². The average Bonchev–Trinajstić information content (AvgIpc) is 2.29. The molecule has 0 spiro atoms. The molecule has 0 saturated heterocycles. The van der Waals surface area contributed by atoms with Gasteiger partial charge in [0.25, 0.3) is 0 Å². The van der Waals surface area contributed by atoms with Crippen molar-refractivity contribution in [2.24, 2.45) is 0 Å². The van der Waals surface area contributed by atoms with Crippen LogP contribution in [0.5, 0.6) is 0 Å². The smallest absolute Gasteiger partial charge is 0.131 e. The van der Waals surface area contributed by atoms with Gasteiger partial charge < -0.3 is 5.11 Å². The first-order chi connectivity index (χ1) is 7.97. The summed E-state index contributed by atoms with van der Waals surface area (Å²) in [5.74, 6) is 1.39. The van der Waals surface area contributed by atoms with Crippen LogP contribution in [0.25, 0.3) is 0 Å². The highest BCUT2D eigenvalue weighted by atomic mass is 16.3. The van der Waals surface area contributed by atoms with Crippen LogP contribution in [-0.2, 0) is 5.41 Å². The van der Waals surface area contributed by atoms with Gasteiger partial charge in [-0.2, -0.15) is 0 Å². The summed E-state index contributed by atoms with van der Waals surface area (Å²) in [5.41, 5.74) is 1.18. The maximum Gasteiger partial charge on any atom is 0.131 e. The van der Waals surface area contributed by atoms with Crippen molar-refractivity contribution in [2.45, 2.75) is 63.9 Å². The first kappa shape index (κ1) is 12.5. The Kier molecular flexibility index (Phi) is 3.48. The molecule has 94 valence electrons. The molecular formula is C14H22N2O. The van der Waals surface area contributed by atoms with E-state index in [1.165, 1.54) is 0 Å². The van der Waals surface area contributed by atoms with E-state index >= 15 is 0 Å². The van der Waals surface area contributed by atoms with E-state index < -0.39 is 0 Å². The molecule has 1 N–H and O–H groups in total. The van der Waals surface area contributed by atoms with Gasteiger partial charge in [0.1, 0.15) is 5.82 Å². The number of nitrogens with zero attached hydrogens (tertiary/aromatic N) is 2. The summed E-state index contributed by atoms with van der Waals surface area (Å²) < 4.78 is 0. The van der Waals surface area contributed by atoms with Gasteiger partial charge in [0.05, 0.1) is 6.10 Å². The zero-order valence-electron chi connectivity index (χ0n) is 11.0. The first-order valence-corrected chi connectivity index (χ1v) is 6.48. The van der Waals surface area contributed by atoms with E-state index in [0.29, 0.717) is 5.92 Å². The fourth-order valence-corrected chi connectivity index (χ4v) is 2.32. The molecule has 0 bridgehead atoms. The Morgan fingerprint density at radius 1 is 1.18 bits per heavy atom. The van der Waals surface area contributed by atoms with Gasteiger partial charge in [0.15, 0.2) is 0 Å². The Balaban J connectivity index is 2.16. The molecule has 3 nitrogen and oxygen atoms in total. The lowest BCUT2D eigenvalue weighted by atomic mass is 9.86. The molecule has 1 fully saturated rings. The molecule has 1 aromatic rings. The van der Waals surface area contributed by atoms with Gasteiger partial charge in [0.2, 0.25) is 0 Å². The molecule has 2 rings (SSSR count). The van der Waals surface area contributed by atoms with Crippen LogP contribution in [0.3, 0.4) is 0 Å². The number of aromatic nitrogens is 2. The standard InChI is InChI=1S/C14H22N2O/c1-14(2,3)12-8-9-15-13(16-12)10-4-6-11(17)7-5-10/h8-11,17H,4-7H2,1-3H3. The first-order valence-electron chi connectivity index (χ1n) is 6.48. The van der Waals surface area contributed by atoms with Crippen molar-refractivity contribution in [1.82, 2.24) is 9.97 Å². The quantitative estimate of drug-likeness (QED) is 0.812. The van der Waals surface area contributed by atoms with Crippen molar-refractivity contribution in [3.63, 3.8) is 0 Å². The second-order valence-electron chi connectivity index (χ2n) is 6.06. The highest BCUT2D eigenvalue weighted by Gasteiger charge is 2.24. The van der Waals surface area contributed by atoms with E-state index in [1.54, 1.807) is 0 Å². The third-order valence-corrected chi connectivity index (χ3v) is 3.50. The molecule has 0 radical (unpaired) electrons. The van der Waals surface area contributed by atoms with Crippen molar-refractivity contribution in [1.29, 1.82) is 0 Å². The fraction of sp³-hybridized carbons (Fsp3) is 0.714. The lowest BCUT2D eigenvalue weighted by Crippen LogP contribution is -2.20. The van der Waals surface area contributed by atoms with Crippen molar-refractivity contribution < 1.29 is 5.11 Å². The molecule has 1 aliphatic rings. The molecule has 1 aromatic heterocycles. The van der Waals surface area contributed by atoms with Crippen LogP contribution in [0.15, 0.2) is 12.3 Å². The number of hydrogen-bond acceptors (Lipinski definition) is 3. The summed E-state index contributed by atoms with van der Waals surface area (Å²) in [6.07, 6.45) is 5.54. The van der Waals surface area contributed by atoms with Gasteiger partial charge in [-0.25, -0.2) is 9.97 Å². The van der Waals surface area contributed by atoms with E-state index in [4.69, 9.17) is 4.98 Å². The van der Waals surface area contributed by atoms with E-state index in [1.807, 2.05) is 12.3 Å². The normalized spacial score (nSPS) is 25.9. The summed E-state index contributed by atoms with van der Waals surface area (Å²) in [7, 11) is 0. The molecule has 0 atom stereocenters. The van der Waals surface area contributed by atoms with Crippen molar-refractivity contribution in [2.75, 3.05) is 0 Å². The average molecular weight is 234 g/mol. The van der Waals surface area contributed by atoms with Gasteiger partial charge in [0, 0.05) is 23.2 Å². The van der Waals surface area contributed by atoms with Crippen molar-refractivity contribution in [3.05, 3.63) is 23.8 Å². The summed E-state index contributed by atoms with van der Waals surface area (Å²) >= 11 is 0. The zero-order chi connectivity index (χ0) is 12.5. The van der Waals surface area contributed by atoms with Gasteiger partial charge >= 0.3 is 0 Å². The maximum atomic E-state index is 9.52. The molecular weight excluding hydrogens is 212 g/mol. The number of aliphatic hydroxyl groups is 1. The Morgan fingerprint density at radius 3 is 2.41 bits per heavy atom. The monoisotopic (exact) mass is 234 g/mol. The minimum absolute atomic E-state index is 0.0753. The maximum absolute atomic E-state index is 9.52. The fourth-order valence-electron chi connectivity index (χ4n) is 2.32. The van der Waals surface area contributed by atoms with Gasteiger partial charge in [-0.1, -0.05) is 20.8 Å². The highest BCUT2D eigenvalue weighted by molar-refractivity contribution is 5.14. The summed E-state index contributed by atoms with van der Waals surface area (Å²) in [6, 6.07) is 2.00. The zero-order valence-corrected chi connectivity index (χ0v) is 11.0. The largest absolute Gasteiger partial charge is 0.393 e. The van der Waals surface area contributed by atoms with Crippen LogP contribution in [0.2, 0.25) is 0 Å². The molecule has 0 aromatic carbocycles. The van der Waals surface area contributed by atoms with Gasteiger partial charge in [-0.3, -0.25) is 0 Å². The van der Waals surface area contributed by atoms with Crippen LogP contribution >= 0.6 is 0 Å². The molecule has 0 aliphatic heterocycles. The Hall–Kier alpha value is -0.960. The lowest BCUT2D eigenvalue weighted by molar-refractivity contribution is 0.121. The molecule has 17 heavy (non-hydrogen) atoms. The Labute approximate surface area is 103 Å². The predicted octanol–water partition coefficient (Wildman–Crippen LogP) is 2.79. The molecule has 1 saturated carbocycles. The third-order valence-electron chi connectivity index (χ3n) is 3.50. The van der Waals surface area contributed by atoms with Gasteiger partial charge in [-0.05, 0) is 31.7 Å².